The summed E-state index contributed by atoms with van der Waals surface area (Å²) in [6, 6.07) is 2.60. The summed E-state index contributed by atoms with van der Waals surface area (Å²) < 4.78 is 26.0. The van der Waals surface area contributed by atoms with Crippen LogP contribution in [-0.2, 0) is 6.42 Å². The van der Waals surface area contributed by atoms with Crippen molar-refractivity contribution in [1.29, 1.82) is 0 Å². The maximum absolute atomic E-state index is 13.2. The fraction of sp³-hybridized carbons (Fsp3) is 0.400. The quantitative estimate of drug-likeness (QED) is 0.652. The molecule has 0 aromatic heterocycles. The zero-order valence-corrected chi connectivity index (χ0v) is 7.40. The van der Waals surface area contributed by atoms with E-state index in [2.05, 4.69) is 5.32 Å². The fourth-order valence-corrected chi connectivity index (χ4v) is 1.68. The van der Waals surface area contributed by atoms with E-state index in [4.69, 9.17) is 0 Å². The van der Waals surface area contributed by atoms with Gasteiger partial charge in [0, 0.05) is 23.4 Å². The molecule has 1 aromatic rings. The first-order valence-corrected chi connectivity index (χ1v) is 4.41. The molecule has 2 rings (SSSR count). The summed E-state index contributed by atoms with van der Waals surface area (Å²) in [4.78, 5) is 0. The Morgan fingerprint density at radius 1 is 1.38 bits per heavy atom. The molecule has 1 aromatic carbocycles. The Morgan fingerprint density at radius 3 is 2.92 bits per heavy atom. The Kier molecular flexibility index (Phi) is 1.94. The molecule has 0 saturated carbocycles. The number of nitrogens with one attached hydrogen (secondary N) is 1. The lowest BCUT2D eigenvalue weighted by molar-refractivity contribution is 0.557. The van der Waals surface area contributed by atoms with Gasteiger partial charge < -0.3 is 5.32 Å². The molecule has 1 heterocycles. The lowest BCUT2D eigenvalue weighted by atomic mass is 9.98. The van der Waals surface area contributed by atoms with E-state index >= 15 is 0 Å². The van der Waals surface area contributed by atoms with Gasteiger partial charge in [-0.15, -0.1) is 0 Å². The Balaban J connectivity index is 2.47. The second-order valence-electron chi connectivity index (χ2n) is 3.50. The van der Waals surface area contributed by atoms with E-state index in [1.165, 1.54) is 6.07 Å². The number of benzene rings is 1. The topological polar surface area (TPSA) is 12.0 Å². The van der Waals surface area contributed by atoms with Crippen LogP contribution in [0.3, 0.4) is 0 Å². The Labute approximate surface area is 75.8 Å². The highest BCUT2D eigenvalue weighted by molar-refractivity contribution is 5.54. The summed E-state index contributed by atoms with van der Waals surface area (Å²) in [5.41, 5.74) is 1.22. The molecule has 1 aliphatic heterocycles. The summed E-state index contributed by atoms with van der Waals surface area (Å²) >= 11 is 0. The monoisotopic (exact) mass is 183 g/mol. The average molecular weight is 183 g/mol. The van der Waals surface area contributed by atoms with Gasteiger partial charge in [0.1, 0.15) is 11.6 Å². The molecular formula is C10H11F2N. The highest BCUT2D eigenvalue weighted by Gasteiger charge is 2.18. The second-order valence-corrected chi connectivity index (χ2v) is 3.50. The van der Waals surface area contributed by atoms with Gasteiger partial charge in [0.15, 0.2) is 0 Å². The molecule has 1 nitrogen and oxygen atoms in total. The van der Waals surface area contributed by atoms with Gasteiger partial charge in [0.2, 0.25) is 0 Å². The van der Waals surface area contributed by atoms with Crippen molar-refractivity contribution in [2.75, 3.05) is 5.32 Å². The number of fused-ring (bicyclic) bond motifs is 1. The molecule has 1 N–H and O–H groups in total. The van der Waals surface area contributed by atoms with Crippen LogP contribution in [0, 0.1) is 11.6 Å². The lowest BCUT2D eigenvalue weighted by Gasteiger charge is -2.24. The van der Waals surface area contributed by atoms with Crippen molar-refractivity contribution in [1.82, 2.24) is 0 Å². The number of halogens is 2. The van der Waals surface area contributed by atoms with Gasteiger partial charge in [-0.1, -0.05) is 0 Å². The van der Waals surface area contributed by atoms with Gasteiger partial charge in [-0.25, -0.2) is 8.78 Å². The minimum atomic E-state index is -0.516. The van der Waals surface area contributed by atoms with E-state index in [-0.39, 0.29) is 0 Å². The largest absolute Gasteiger partial charge is 0.382 e. The molecule has 0 fully saturated rings. The summed E-state index contributed by atoms with van der Waals surface area (Å²) in [6.45, 7) is 2.01. The van der Waals surface area contributed by atoms with Crippen LogP contribution in [0.15, 0.2) is 12.1 Å². The maximum atomic E-state index is 13.2. The number of hydrogen-bond acceptors (Lipinski definition) is 1. The third kappa shape index (κ3) is 1.50. The predicted octanol–water partition coefficient (Wildman–Crippen LogP) is 2.71. The SMILES string of the molecule is CC1CCc2c(F)cc(F)cc2N1. The van der Waals surface area contributed by atoms with Crippen LogP contribution < -0.4 is 5.32 Å². The van der Waals surface area contributed by atoms with Crippen LogP contribution >= 0.6 is 0 Å². The first-order chi connectivity index (χ1) is 6.16. The number of rotatable bonds is 0. The third-order valence-corrected chi connectivity index (χ3v) is 2.39. The maximum Gasteiger partial charge on any atom is 0.131 e. The summed E-state index contributed by atoms with van der Waals surface area (Å²) in [5.74, 6) is -0.952. The normalized spacial score (nSPS) is 20.7. The number of hydrogen-bond donors (Lipinski definition) is 1. The predicted molar refractivity (Wildman–Crippen MR) is 47.8 cm³/mol. The van der Waals surface area contributed by atoms with Gasteiger partial charge in [-0.3, -0.25) is 0 Å². The summed E-state index contributed by atoms with van der Waals surface area (Å²) in [6.07, 6.45) is 1.59. The molecule has 13 heavy (non-hydrogen) atoms. The van der Waals surface area contributed by atoms with Crippen molar-refractivity contribution in [3.05, 3.63) is 29.3 Å². The van der Waals surface area contributed by atoms with Crippen LogP contribution in [0.2, 0.25) is 0 Å². The van der Waals surface area contributed by atoms with E-state index in [1.807, 2.05) is 6.92 Å². The highest BCUT2D eigenvalue weighted by atomic mass is 19.1. The van der Waals surface area contributed by atoms with Crippen molar-refractivity contribution in [2.24, 2.45) is 0 Å². The van der Waals surface area contributed by atoms with Gasteiger partial charge in [0.05, 0.1) is 0 Å². The van der Waals surface area contributed by atoms with Crippen molar-refractivity contribution < 1.29 is 8.78 Å². The molecule has 3 heteroatoms. The van der Waals surface area contributed by atoms with Crippen molar-refractivity contribution >= 4 is 5.69 Å². The van der Waals surface area contributed by atoms with E-state index in [0.717, 1.165) is 12.5 Å². The molecule has 0 radical (unpaired) electrons. The average Bonchev–Trinajstić information content (AvgIpc) is 2.02. The van der Waals surface area contributed by atoms with Crippen molar-refractivity contribution in [3.8, 4) is 0 Å². The van der Waals surface area contributed by atoms with E-state index in [1.54, 1.807) is 0 Å². The molecule has 0 saturated heterocycles. The molecule has 70 valence electrons. The standard InChI is InChI=1S/C10H11F2N/c1-6-2-3-8-9(12)4-7(11)5-10(8)13-6/h4-6,13H,2-3H2,1H3. The smallest absolute Gasteiger partial charge is 0.131 e. The minimum absolute atomic E-state index is 0.300. The van der Waals surface area contributed by atoms with Crippen molar-refractivity contribution in [2.45, 2.75) is 25.8 Å². The summed E-state index contributed by atoms with van der Waals surface area (Å²) in [5, 5.41) is 3.06. The van der Waals surface area contributed by atoms with E-state index in [0.29, 0.717) is 23.7 Å². The molecule has 1 aliphatic rings. The first-order valence-electron chi connectivity index (χ1n) is 4.41. The van der Waals surface area contributed by atoms with E-state index in [9.17, 15) is 8.78 Å². The Bertz CT molecular complexity index is 336. The summed E-state index contributed by atoms with van der Waals surface area (Å²) in [7, 11) is 0. The van der Waals surface area contributed by atoms with Gasteiger partial charge in [-0.05, 0) is 25.8 Å². The molecule has 0 aliphatic carbocycles. The number of anilines is 1. The fourth-order valence-electron chi connectivity index (χ4n) is 1.68. The van der Waals surface area contributed by atoms with Gasteiger partial charge in [0.25, 0.3) is 0 Å². The molecule has 0 spiro atoms. The van der Waals surface area contributed by atoms with Gasteiger partial charge >= 0.3 is 0 Å². The van der Waals surface area contributed by atoms with E-state index < -0.39 is 11.6 Å². The second kappa shape index (κ2) is 2.98. The Hall–Kier alpha value is -1.12. The van der Waals surface area contributed by atoms with Crippen molar-refractivity contribution in [3.63, 3.8) is 0 Å². The Morgan fingerprint density at radius 2 is 2.15 bits per heavy atom. The van der Waals surface area contributed by atoms with Crippen LogP contribution in [0.5, 0.6) is 0 Å². The molecule has 0 bridgehead atoms. The molecule has 1 unspecified atom stereocenters. The molecule has 0 amide bonds. The van der Waals surface area contributed by atoms with Crippen LogP contribution in [0.4, 0.5) is 14.5 Å². The van der Waals surface area contributed by atoms with Crippen LogP contribution in [0.25, 0.3) is 0 Å². The zero-order valence-electron chi connectivity index (χ0n) is 7.40. The first kappa shape index (κ1) is 8.48. The van der Waals surface area contributed by atoms with Gasteiger partial charge in [-0.2, -0.15) is 0 Å². The van der Waals surface area contributed by atoms with Crippen LogP contribution in [0.1, 0.15) is 18.9 Å². The van der Waals surface area contributed by atoms with Crippen LogP contribution in [-0.4, -0.2) is 6.04 Å². The third-order valence-electron chi connectivity index (χ3n) is 2.39. The minimum Gasteiger partial charge on any atom is -0.382 e. The highest BCUT2D eigenvalue weighted by Crippen LogP contribution is 2.27. The zero-order chi connectivity index (χ0) is 9.42. The molecular weight excluding hydrogens is 172 g/mol. The lowest BCUT2D eigenvalue weighted by Crippen LogP contribution is -2.22. The molecule has 1 atom stereocenters.